The molecule has 2 N–H and O–H groups in total. The van der Waals surface area contributed by atoms with Crippen LogP contribution in [0.5, 0.6) is 11.5 Å². The number of carbonyl (C=O) groups is 2. The molecule has 0 radical (unpaired) electrons. The Labute approximate surface area is 168 Å². The van der Waals surface area contributed by atoms with E-state index in [1.165, 1.54) is 0 Å². The highest BCUT2D eigenvalue weighted by atomic mass is 35.5. The molecule has 0 bridgehead atoms. The van der Waals surface area contributed by atoms with Gasteiger partial charge in [0.25, 0.3) is 11.8 Å². The molecule has 2 aromatic rings. The minimum absolute atomic E-state index is 0.242. The van der Waals surface area contributed by atoms with Crippen LogP contribution in [0.15, 0.2) is 42.5 Å². The molecule has 2 rings (SSSR count). The lowest BCUT2D eigenvalue weighted by atomic mass is 10.2. The van der Waals surface area contributed by atoms with E-state index in [1.54, 1.807) is 42.5 Å². The number of hydrogen-bond acceptors (Lipinski definition) is 5. The van der Waals surface area contributed by atoms with E-state index in [-0.39, 0.29) is 6.61 Å². The van der Waals surface area contributed by atoms with Crippen molar-refractivity contribution in [3.63, 3.8) is 0 Å². The van der Waals surface area contributed by atoms with Gasteiger partial charge in [-0.05, 0) is 61.9 Å². The fraction of sp³-hybridized carbons (Fsp3) is 0.300. The molecule has 0 aromatic heterocycles. The minimum atomic E-state index is -0.489. The van der Waals surface area contributed by atoms with Gasteiger partial charge in [0.15, 0.2) is 6.61 Å². The highest BCUT2D eigenvalue weighted by Gasteiger charge is 2.09. The largest absolute Gasteiger partial charge is 0.491 e. The van der Waals surface area contributed by atoms with Gasteiger partial charge in [-0.3, -0.25) is 20.4 Å². The molecule has 0 heterocycles. The van der Waals surface area contributed by atoms with Crippen LogP contribution in [0.25, 0.3) is 0 Å². The van der Waals surface area contributed by atoms with Crippen molar-refractivity contribution in [2.75, 3.05) is 26.4 Å². The first-order valence-electron chi connectivity index (χ1n) is 8.78. The van der Waals surface area contributed by atoms with E-state index in [0.717, 1.165) is 5.56 Å². The van der Waals surface area contributed by atoms with Crippen molar-refractivity contribution in [3.05, 3.63) is 58.6 Å². The van der Waals surface area contributed by atoms with Gasteiger partial charge in [0.1, 0.15) is 18.1 Å². The van der Waals surface area contributed by atoms with Crippen LogP contribution in [0.3, 0.4) is 0 Å². The molecule has 0 unspecified atom stereocenters. The SMILES string of the molecule is CCOCCOc1ccc(C(=O)NNC(=O)COc2ccc(Cl)c(C)c2)cc1. The maximum absolute atomic E-state index is 12.1. The average Bonchev–Trinajstić information content (AvgIpc) is 2.70. The number of carbonyl (C=O) groups excluding carboxylic acids is 2. The molecule has 0 spiro atoms. The molecule has 0 atom stereocenters. The fourth-order valence-corrected chi connectivity index (χ4v) is 2.27. The van der Waals surface area contributed by atoms with Crippen LogP contribution in [0, 0.1) is 6.92 Å². The van der Waals surface area contributed by atoms with Gasteiger partial charge < -0.3 is 14.2 Å². The maximum atomic E-state index is 12.1. The molecular weight excluding hydrogens is 384 g/mol. The predicted molar refractivity (Wildman–Crippen MR) is 106 cm³/mol. The zero-order chi connectivity index (χ0) is 20.4. The maximum Gasteiger partial charge on any atom is 0.276 e. The molecule has 2 amide bonds. The first kappa shape index (κ1) is 21.5. The molecule has 0 saturated carbocycles. The second-order valence-electron chi connectivity index (χ2n) is 5.77. The lowest BCUT2D eigenvalue weighted by Crippen LogP contribution is -2.43. The lowest BCUT2D eigenvalue weighted by molar-refractivity contribution is -0.123. The summed E-state index contributed by atoms with van der Waals surface area (Å²) in [5.74, 6) is 0.212. The second-order valence-corrected chi connectivity index (χ2v) is 6.18. The van der Waals surface area contributed by atoms with Crippen LogP contribution in [0.4, 0.5) is 0 Å². The summed E-state index contributed by atoms with van der Waals surface area (Å²) in [6.45, 7) is 5.08. The van der Waals surface area contributed by atoms with Crippen molar-refractivity contribution in [1.29, 1.82) is 0 Å². The lowest BCUT2D eigenvalue weighted by Gasteiger charge is -2.10. The molecule has 150 valence electrons. The number of amides is 2. The van der Waals surface area contributed by atoms with E-state index < -0.39 is 11.8 Å². The van der Waals surface area contributed by atoms with E-state index in [9.17, 15) is 9.59 Å². The molecule has 0 aliphatic carbocycles. The van der Waals surface area contributed by atoms with Gasteiger partial charge in [0, 0.05) is 17.2 Å². The summed E-state index contributed by atoms with van der Waals surface area (Å²) in [6, 6.07) is 11.6. The molecule has 7 nitrogen and oxygen atoms in total. The number of halogens is 1. The zero-order valence-corrected chi connectivity index (χ0v) is 16.5. The quantitative estimate of drug-likeness (QED) is 0.494. The van der Waals surface area contributed by atoms with Crippen molar-refractivity contribution in [3.8, 4) is 11.5 Å². The number of nitrogens with one attached hydrogen (secondary N) is 2. The van der Waals surface area contributed by atoms with Crippen LogP contribution >= 0.6 is 11.6 Å². The van der Waals surface area contributed by atoms with Crippen molar-refractivity contribution < 1.29 is 23.8 Å². The summed E-state index contributed by atoms with van der Waals surface area (Å²) in [7, 11) is 0. The first-order chi connectivity index (χ1) is 13.5. The Hall–Kier alpha value is -2.77. The molecule has 2 aromatic carbocycles. The average molecular weight is 407 g/mol. The van der Waals surface area contributed by atoms with Crippen LogP contribution < -0.4 is 20.3 Å². The highest BCUT2D eigenvalue weighted by molar-refractivity contribution is 6.31. The molecule has 28 heavy (non-hydrogen) atoms. The molecule has 0 aliphatic heterocycles. The third-order valence-electron chi connectivity index (χ3n) is 3.63. The Morgan fingerprint density at radius 1 is 0.964 bits per heavy atom. The molecule has 0 fully saturated rings. The summed E-state index contributed by atoms with van der Waals surface area (Å²) >= 11 is 5.94. The second kappa shape index (κ2) is 11.2. The summed E-state index contributed by atoms with van der Waals surface area (Å²) in [6.07, 6.45) is 0. The van der Waals surface area contributed by atoms with Gasteiger partial charge in [0.05, 0.1) is 6.61 Å². The number of hydrogen-bond donors (Lipinski definition) is 2. The third kappa shape index (κ3) is 7.09. The van der Waals surface area contributed by atoms with Gasteiger partial charge in [-0.15, -0.1) is 0 Å². The van der Waals surface area contributed by atoms with Crippen molar-refractivity contribution in [2.24, 2.45) is 0 Å². The Morgan fingerprint density at radius 3 is 2.36 bits per heavy atom. The van der Waals surface area contributed by atoms with E-state index in [1.807, 2.05) is 13.8 Å². The third-order valence-corrected chi connectivity index (χ3v) is 4.06. The van der Waals surface area contributed by atoms with Crippen LogP contribution in [0.2, 0.25) is 5.02 Å². The summed E-state index contributed by atoms with van der Waals surface area (Å²) in [5.41, 5.74) is 5.86. The molecule has 0 aliphatic rings. The fourth-order valence-electron chi connectivity index (χ4n) is 2.16. The number of hydrazine groups is 1. The minimum Gasteiger partial charge on any atom is -0.491 e. The van der Waals surface area contributed by atoms with Gasteiger partial charge in [-0.2, -0.15) is 0 Å². The van der Waals surface area contributed by atoms with Crippen LogP contribution in [-0.2, 0) is 9.53 Å². The zero-order valence-electron chi connectivity index (χ0n) is 15.8. The topological polar surface area (TPSA) is 85.9 Å². The van der Waals surface area contributed by atoms with Crippen molar-refractivity contribution in [1.82, 2.24) is 10.9 Å². The monoisotopic (exact) mass is 406 g/mol. The molecular formula is C20H23ClN2O5. The number of benzene rings is 2. The summed E-state index contributed by atoms with van der Waals surface area (Å²) in [5, 5.41) is 0.620. The first-order valence-corrected chi connectivity index (χ1v) is 9.16. The standard InChI is InChI=1S/C20H23ClN2O5/c1-3-26-10-11-27-16-6-4-15(5-7-16)20(25)23-22-19(24)13-28-17-8-9-18(21)14(2)12-17/h4-9,12H,3,10-11,13H2,1-2H3,(H,22,24)(H,23,25). The van der Waals surface area contributed by atoms with Crippen molar-refractivity contribution in [2.45, 2.75) is 13.8 Å². The van der Waals surface area contributed by atoms with E-state index in [4.69, 9.17) is 25.8 Å². The number of rotatable bonds is 9. The van der Waals surface area contributed by atoms with Gasteiger partial charge in [0.2, 0.25) is 0 Å². The highest BCUT2D eigenvalue weighted by Crippen LogP contribution is 2.20. The van der Waals surface area contributed by atoms with Gasteiger partial charge in [-0.1, -0.05) is 11.6 Å². The summed E-state index contributed by atoms with van der Waals surface area (Å²) < 4.78 is 16.0. The van der Waals surface area contributed by atoms with Crippen molar-refractivity contribution >= 4 is 23.4 Å². The van der Waals surface area contributed by atoms with E-state index in [0.29, 0.717) is 41.9 Å². The summed E-state index contributed by atoms with van der Waals surface area (Å²) in [4.78, 5) is 23.9. The number of ether oxygens (including phenoxy) is 3. The molecule has 0 saturated heterocycles. The van der Waals surface area contributed by atoms with Gasteiger partial charge >= 0.3 is 0 Å². The predicted octanol–water partition coefficient (Wildman–Crippen LogP) is 2.90. The Kier molecular flexibility index (Phi) is 8.58. The Balaban J connectivity index is 1.73. The Morgan fingerprint density at radius 2 is 1.68 bits per heavy atom. The molecule has 8 heteroatoms. The van der Waals surface area contributed by atoms with Crippen LogP contribution in [0.1, 0.15) is 22.8 Å². The van der Waals surface area contributed by atoms with E-state index in [2.05, 4.69) is 10.9 Å². The number of aryl methyl sites for hydroxylation is 1. The smallest absolute Gasteiger partial charge is 0.276 e. The van der Waals surface area contributed by atoms with E-state index >= 15 is 0 Å². The van der Waals surface area contributed by atoms with Gasteiger partial charge in [-0.25, -0.2) is 0 Å². The Bertz CT molecular complexity index is 796. The normalized spacial score (nSPS) is 10.2. The van der Waals surface area contributed by atoms with Crippen LogP contribution in [-0.4, -0.2) is 38.2 Å².